The van der Waals surface area contributed by atoms with Crippen molar-refractivity contribution < 1.29 is 23.5 Å². The van der Waals surface area contributed by atoms with E-state index < -0.39 is 29.1 Å². The third-order valence-electron chi connectivity index (χ3n) is 5.95. The molecule has 0 fully saturated rings. The summed E-state index contributed by atoms with van der Waals surface area (Å²) in [6.45, 7) is 3.40. The summed E-state index contributed by atoms with van der Waals surface area (Å²) < 4.78 is 28.9. The minimum Gasteiger partial charge on any atom is -0.478 e. The second kappa shape index (κ2) is 9.85. The number of unbranched alkanes of at least 4 members (excludes halogenated alkanes) is 1. The quantitative estimate of drug-likeness (QED) is 0.369. The van der Waals surface area contributed by atoms with Gasteiger partial charge in [-0.3, -0.25) is 10.1 Å². The Labute approximate surface area is 200 Å². The van der Waals surface area contributed by atoms with Crippen molar-refractivity contribution >= 4 is 34.4 Å². The first-order valence-electron chi connectivity index (χ1n) is 11.1. The third-order valence-corrected chi connectivity index (χ3v) is 6.94. The van der Waals surface area contributed by atoms with Crippen LogP contribution in [0.4, 0.5) is 13.9 Å². The van der Waals surface area contributed by atoms with Crippen LogP contribution in [0.1, 0.15) is 65.4 Å². The number of fused-ring (bicyclic) bond motifs is 3. The van der Waals surface area contributed by atoms with Gasteiger partial charge in [-0.2, -0.15) is 0 Å². The molecule has 5 nitrogen and oxygen atoms in total. The average molecular weight is 483 g/mol. The molecule has 2 N–H and O–H groups in total. The molecule has 0 saturated carbocycles. The van der Waals surface area contributed by atoms with Crippen molar-refractivity contribution in [1.29, 1.82) is 0 Å². The molecular weight excluding hydrogens is 458 g/mol. The van der Waals surface area contributed by atoms with Crippen molar-refractivity contribution in [3.05, 3.63) is 75.2 Å². The highest BCUT2D eigenvalue weighted by molar-refractivity contribution is 7.16. The van der Waals surface area contributed by atoms with Gasteiger partial charge in [0, 0.05) is 27.1 Å². The molecule has 1 unspecified atom stereocenters. The number of rotatable bonds is 7. The van der Waals surface area contributed by atoms with Crippen molar-refractivity contribution in [3.63, 3.8) is 0 Å². The van der Waals surface area contributed by atoms with E-state index in [0.717, 1.165) is 60.0 Å². The number of halogens is 2. The summed E-state index contributed by atoms with van der Waals surface area (Å²) in [6.07, 6.45) is 5.06. The summed E-state index contributed by atoms with van der Waals surface area (Å²) in [4.78, 5) is 29.4. The first kappa shape index (κ1) is 23.8. The number of aliphatic carboxylic acids is 1. The zero-order valence-electron chi connectivity index (χ0n) is 18.8. The van der Waals surface area contributed by atoms with E-state index in [-0.39, 0.29) is 11.1 Å². The molecule has 1 aliphatic rings. The van der Waals surface area contributed by atoms with E-state index >= 15 is 0 Å². The minimum absolute atomic E-state index is 0.213. The lowest BCUT2D eigenvalue weighted by Crippen LogP contribution is -2.13. The number of hydrogen-bond donors (Lipinski definition) is 2. The number of benzene rings is 2. The maximum Gasteiger partial charge on any atom is 0.331 e. The highest BCUT2D eigenvalue weighted by Gasteiger charge is 2.28. The van der Waals surface area contributed by atoms with E-state index in [1.807, 2.05) is 18.2 Å². The number of anilines is 1. The van der Waals surface area contributed by atoms with Gasteiger partial charge in [0.25, 0.3) is 5.91 Å². The number of carboxylic acid groups (broad SMARTS) is 1. The van der Waals surface area contributed by atoms with Crippen LogP contribution >= 0.6 is 11.3 Å². The second-order valence-electron chi connectivity index (χ2n) is 8.36. The lowest BCUT2D eigenvalue weighted by molar-refractivity contribution is -0.132. The third kappa shape index (κ3) is 4.77. The SMILES string of the molecule is CCCCC1Cc2sc(NC(=O)c3cc(F)c(C=C(C)C(=O)O)c(F)c3)nc2-c2ccccc21. The number of thiazole rings is 1. The Balaban J connectivity index is 1.59. The van der Waals surface area contributed by atoms with E-state index in [0.29, 0.717) is 11.0 Å². The molecule has 0 saturated heterocycles. The molecule has 4 rings (SSSR count). The van der Waals surface area contributed by atoms with E-state index in [4.69, 9.17) is 5.11 Å². The number of amides is 1. The van der Waals surface area contributed by atoms with Gasteiger partial charge in [-0.1, -0.05) is 44.0 Å². The number of carbonyl (C=O) groups is 2. The number of nitrogens with zero attached hydrogens (tertiary/aromatic N) is 1. The van der Waals surface area contributed by atoms with Gasteiger partial charge in [-0.05, 0) is 49.5 Å². The molecule has 8 heteroatoms. The molecule has 34 heavy (non-hydrogen) atoms. The Bertz CT molecular complexity index is 1280. The van der Waals surface area contributed by atoms with Gasteiger partial charge in [0.15, 0.2) is 5.13 Å². The van der Waals surface area contributed by atoms with Gasteiger partial charge >= 0.3 is 5.97 Å². The molecule has 1 amide bonds. The monoisotopic (exact) mass is 482 g/mol. The molecule has 0 spiro atoms. The normalized spacial score (nSPS) is 14.9. The number of carboxylic acids is 1. The van der Waals surface area contributed by atoms with Crippen molar-refractivity contribution in [2.75, 3.05) is 5.32 Å². The van der Waals surface area contributed by atoms with Gasteiger partial charge in [0.2, 0.25) is 0 Å². The fourth-order valence-electron chi connectivity index (χ4n) is 4.17. The number of nitrogens with one attached hydrogen (secondary N) is 1. The van der Waals surface area contributed by atoms with E-state index in [2.05, 4.69) is 23.3 Å². The number of hydrogen-bond acceptors (Lipinski definition) is 4. The molecule has 2 aromatic carbocycles. The summed E-state index contributed by atoms with van der Waals surface area (Å²) in [6, 6.07) is 9.94. The summed E-state index contributed by atoms with van der Waals surface area (Å²) in [7, 11) is 0. The topological polar surface area (TPSA) is 79.3 Å². The zero-order valence-corrected chi connectivity index (χ0v) is 19.6. The molecule has 176 valence electrons. The van der Waals surface area contributed by atoms with Crippen LogP contribution in [0.25, 0.3) is 17.3 Å². The average Bonchev–Trinajstić information content (AvgIpc) is 3.21. The Hall–Kier alpha value is -3.39. The lowest BCUT2D eigenvalue weighted by atomic mass is 9.81. The first-order chi connectivity index (χ1) is 16.3. The Kier molecular flexibility index (Phi) is 6.88. The predicted molar refractivity (Wildman–Crippen MR) is 129 cm³/mol. The van der Waals surface area contributed by atoms with Gasteiger partial charge < -0.3 is 5.11 Å². The molecule has 3 aromatic rings. The first-order valence-corrected chi connectivity index (χ1v) is 11.9. The Morgan fingerprint density at radius 1 is 1.24 bits per heavy atom. The molecule has 0 radical (unpaired) electrons. The van der Waals surface area contributed by atoms with Crippen molar-refractivity contribution in [1.82, 2.24) is 4.98 Å². The predicted octanol–water partition coefficient (Wildman–Crippen LogP) is 6.66. The largest absolute Gasteiger partial charge is 0.478 e. The Morgan fingerprint density at radius 2 is 1.94 bits per heavy atom. The molecule has 0 aliphatic heterocycles. The maximum absolute atomic E-state index is 14.5. The Morgan fingerprint density at radius 3 is 2.62 bits per heavy atom. The summed E-state index contributed by atoms with van der Waals surface area (Å²) in [5.74, 6) is -3.61. The highest BCUT2D eigenvalue weighted by atomic mass is 32.1. The van der Waals surface area contributed by atoms with Gasteiger partial charge in [-0.25, -0.2) is 18.6 Å². The lowest BCUT2D eigenvalue weighted by Gasteiger charge is -2.24. The second-order valence-corrected chi connectivity index (χ2v) is 9.45. The molecule has 1 atom stereocenters. The fourth-order valence-corrected chi connectivity index (χ4v) is 5.22. The van der Waals surface area contributed by atoms with Crippen molar-refractivity contribution in [3.8, 4) is 11.3 Å². The summed E-state index contributed by atoms with van der Waals surface area (Å²) >= 11 is 1.38. The standard InChI is InChI=1S/C26H24F2N2O3S/c1-3-4-7-15-13-22-23(18-9-6-5-8-17(15)18)29-26(34-22)30-24(31)16-11-20(27)19(21(28)12-16)10-14(2)25(32)33/h5-6,8-12,15H,3-4,7,13H2,1-2H3,(H,32,33)(H,29,30,31). The minimum atomic E-state index is -1.29. The van der Waals surface area contributed by atoms with Crippen LogP contribution in [0.3, 0.4) is 0 Å². The summed E-state index contributed by atoms with van der Waals surface area (Å²) in [5, 5.41) is 12.0. The van der Waals surface area contributed by atoms with E-state index in [9.17, 15) is 18.4 Å². The van der Waals surface area contributed by atoms with Crippen LogP contribution in [0, 0.1) is 11.6 Å². The van der Waals surface area contributed by atoms with Crippen LogP contribution in [0.2, 0.25) is 0 Å². The van der Waals surface area contributed by atoms with Gasteiger partial charge in [0.05, 0.1) is 5.69 Å². The molecule has 1 aliphatic carbocycles. The molecule has 1 heterocycles. The van der Waals surface area contributed by atoms with E-state index in [1.54, 1.807) is 0 Å². The molecule has 0 bridgehead atoms. The van der Waals surface area contributed by atoms with Crippen LogP contribution in [0.15, 0.2) is 42.0 Å². The van der Waals surface area contributed by atoms with Crippen LogP contribution in [0.5, 0.6) is 0 Å². The fraction of sp³-hybridized carbons (Fsp3) is 0.269. The van der Waals surface area contributed by atoms with E-state index in [1.165, 1.54) is 23.8 Å². The smallest absolute Gasteiger partial charge is 0.331 e. The van der Waals surface area contributed by atoms with Gasteiger partial charge in [0.1, 0.15) is 11.6 Å². The van der Waals surface area contributed by atoms with Crippen LogP contribution in [-0.4, -0.2) is 22.0 Å². The van der Waals surface area contributed by atoms with Crippen LogP contribution in [-0.2, 0) is 11.2 Å². The zero-order chi connectivity index (χ0) is 24.4. The summed E-state index contributed by atoms with van der Waals surface area (Å²) in [5.41, 5.74) is 2.22. The molecular formula is C26H24F2N2O3S. The highest BCUT2D eigenvalue weighted by Crippen LogP contribution is 2.44. The molecule has 1 aromatic heterocycles. The van der Waals surface area contributed by atoms with Crippen LogP contribution < -0.4 is 5.32 Å². The van der Waals surface area contributed by atoms with Crippen molar-refractivity contribution in [2.45, 2.75) is 45.4 Å². The number of aromatic nitrogens is 1. The number of carbonyl (C=O) groups excluding carboxylic acids is 1. The van der Waals surface area contributed by atoms with Crippen molar-refractivity contribution in [2.24, 2.45) is 0 Å². The maximum atomic E-state index is 14.5. The van der Waals surface area contributed by atoms with Gasteiger partial charge in [-0.15, -0.1) is 11.3 Å².